The first-order chi connectivity index (χ1) is 18.2. The van der Waals surface area contributed by atoms with Crippen molar-refractivity contribution in [2.75, 3.05) is 26.5 Å². The minimum Gasteiger partial charge on any atom is -0.489 e. The second-order valence-electron chi connectivity index (χ2n) is 9.77. The molecule has 38 heavy (non-hydrogen) atoms. The molecule has 7 nitrogen and oxygen atoms in total. The number of rotatable bonds is 13. The topological polar surface area (TPSA) is 94.4 Å². The highest BCUT2D eigenvalue weighted by atomic mass is 32.2. The summed E-state index contributed by atoms with van der Waals surface area (Å²) in [5, 5.41) is 11.9. The highest BCUT2D eigenvalue weighted by Gasteiger charge is 2.26. The fourth-order valence-electron chi connectivity index (χ4n) is 4.77. The SMILES string of the molecule is CCC(O)(CC)CCCC(C)C1=NCC[SH]1c1cccc(OCc2ccc(C(=O)OC)c(C(=O)OC)c2)c1. The van der Waals surface area contributed by atoms with E-state index >= 15 is 0 Å². The Kier molecular flexibility index (Phi) is 10.8. The normalized spacial score (nSPS) is 17.0. The first-order valence-electron chi connectivity index (χ1n) is 13.3. The minimum absolute atomic E-state index is 0.148. The molecule has 1 heterocycles. The molecule has 3 rings (SSSR count). The molecular weight excluding hydrogens is 502 g/mol. The minimum atomic E-state index is -0.603. The Balaban J connectivity index is 1.67. The predicted molar refractivity (Wildman–Crippen MR) is 153 cm³/mol. The predicted octanol–water partition coefficient (Wildman–Crippen LogP) is 5.97. The molecule has 0 bridgehead atoms. The Morgan fingerprint density at radius 1 is 1.05 bits per heavy atom. The van der Waals surface area contributed by atoms with Crippen LogP contribution in [0.1, 0.15) is 79.2 Å². The van der Waals surface area contributed by atoms with Crippen LogP contribution in [0.4, 0.5) is 0 Å². The average Bonchev–Trinajstić information content (AvgIpc) is 3.45. The summed E-state index contributed by atoms with van der Waals surface area (Å²) in [7, 11) is 2.04. The van der Waals surface area contributed by atoms with Crippen molar-refractivity contribution in [3.8, 4) is 5.75 Å². The third-order valence-electron chi connectivity index (χ3n) is 7.34. The molecule has 0 saturated heterocycles. The molecule has 2 aromatic carbocycles. The van der Waals surface area contributed by atoms with Crippen molar-refractivity contribution in [2.24, 2.45) is 10.9 Å². The number of methoxy groups -OCH3 is 2. The molecular formula is C30H41NO6S. The van der Waals surface area contributed by atoms with Crippen LogP contribution in [-0.4, -0.2) is 54.2 Å². The van der Waals surface area contributed by atoms with E-state index in [2.05, 4.69) is 32.9 Å². The van der Waals surface area contributed by atoms with E-state index < -0.39 is 28.4 Å². The van der Waals surface area contributed by atoms with Gasteiger partial charge in [-0.2, -0.15) is 10.9 Å². The summed E-state index contributed by atoms with van der Waals surface area (Å²) in [5.41, 5.74) is 0.495. The van der Waals surface area contributed by atoms with Crippen LogP contribution in [0, 0.1) is 5.92 Å². The Morgan fingerprint density at radius 3 is 2.45 bits per heavy atom. The summed E-state index contributed by atoms with van der Waals surface area (Å²) < 4.78 is 15.7. The number of hydrogen-bond acceptors (Lipinski definition) is 7. The molecule has 8 heteroatoms. The maximum atomic E-state index is 12.2. The Morgan fingerprint density at radius 2 is 1.76 bits per heavy atom. The van der Waals surface area contributed by atoms with Crippen LogP contribution in [0.3, 0.4) is 0 Å². The molecule has 2 aromatic rings. The van der Waals surface area contributed by atoms with Crippen LogP contribution >= 0.6 is 10.9 Å². The highest BCUT2D eigenvalue weighted by Crippen LogP contribution is 2.45. The molecule has 1 aliphatic rings. The lowest BCUT2D eigenvalue weighted by molar-refractivity contribution is 0.0208. The van der Waals surface area contributed by atoms with Gasteiger partial charge in [-0.25, -0.2) is 9.59 Å². The van der Waals surface area contributed by atoms with Crippen LogP contribution in [0.25, 0.3) is 0 Å². The van der Waals surface area contributed by atoms with Crippen LogP contribution in [0.15, 0.2) is 52.4 Å². The lowest BCUT2D eigenvalue weighted by atomic mass is 9.89. The quantitative estimate of drug-likeness (QED) is 0.239. The van der Waals surface area contributed by atoms with Crippen molar-refractivity contribution in [3.63, 3.8) is 0 Å². The smallest absolute Gasteiger partial charge is 0.338 e. The first kappa shape index (κ1) is 29.7. The Bertz CT molecular complexity index is 1140. The van der Waals surface area contributed by atoms with Crippen LogP contribution in [0.5, 0.6) is 5.75 Å². The van der Waals surface area contributed by atoms with Crippen molar-refractivity contribution >= 4 is 27.9 Å². The molecule has 0 amide bonds. The third-order valence-corrected chi connectivity index (χ3v) is 10.0. The number of aliphatic hydroxyl groups is 1. The second-order valence-corrected chi connectivity index (χ2v) is 12.0. The number of aliphatic imine (C=N–C) groups is 1. The van der Waals surface area contributed by atoms with E-state index in [4.69, 9.17) is 19.2 Å². The number of benzene rings is 2. The molecule has 0 fully saturated rings. The summed E-state index contributed by atoms with van der Waals surface area (Å²) in [4.78, 5) is 30.4. The molecule has 2 unspecified atom stereocenters. The summed E-state index contributed by atoms with van der Waals surface area (Å²) in [6.45, 7) is 7.46. The molecule has 0 aromatic heterocycles. The first-order valence-corrected chi connectivity index (χ1v) is 14.8. The zero-order valence-corrected chi connectivity index (χ0v) is 24.1. The number of hydrogen-bond donors (Lipinski definition) is 2. The van der Waals surface area contributed by atoms with Gasteiger partial charge in [0.05, 0.1) is 36.0 Å². The van der Waals surface area contributed by atoms with Gasteiger partial charge in [-0.1, -0.05) is 32.9 Å². The van der Waals surface area contributed by atoms with Gasteiger partial charge in [0.15, 0.2) is 0 Å². The number of carbonyl (C=O) groups is 2. The largest absolute Gasteiger partial charge is 0.489 e. The van der Waals surface area contributed by atoms with Gasteiger partial charge in [-0.3, -0.25) is 4.99 Å². The molecule has 208 valence electrons. The van der Waals surface area contributed by atoms with Gasteiger partial charge >= 0.3 is 11.9 Å². The lowest BCUT2D eigenvalue weighted by Gasteiger charge is -2.27. The van der Waals surface area contributed by atoms with Crippen molar-refractivity contribution < 1.29 is 28.9 Å². The van der Waals surface area contributed by atoms with Crippen LogP contribution in [-0.2, 0) is 16.1 Å². The lowest BCUT2D eigenvalue weighted by Crippen LogP contribution is -2.26. The standard InChI is InChI=1S/C30H41NO6S/c1-6-30(34,7-2)15-9-10-21(3)27-31-16-17-38(27)24-12-8-11-23(19-24)37-20-22-13-14-25(28(32)35-4)26(18-22)29(33)36-5/h8,11-14,18-19,21,34,38H,6-7,9-10,15-17,20H2,1-5H3. The summed E-state index contributed by atoms with van der Waals surface area (Å²) in [6.07, 6.45) is 4.43. The van der Waals surface area contributed by atoms with E-state index in [1.54, 1.807) is 18.2 Å². The Hall–Kier alpha value is -2.84. The van der Waals surface area contributed by atoms with E-state index in [0.29, 0.717) is 5.92 Å². The maximum absolute atomic E-state index is 12.2. The number of carbonyl (C=O) groups excluding carboxylic acids is 2. The fourth-order valence-corrected chi connectivity index (χ4v) is 7.31. The highest BCUT2D eigenvalue weighted by molar-refractivity contribution is 8.30. The van der Waals surface area contributed by atoms with Crippen molar-refractivity contribution in [2.45, 2.75) is 70.0 Å². The van der Waals surface area contributed by atoms with Gasteiger partial charge in [0.25, 0.3) is 0 Å². The molecule has 1 aliphatic heterocycles. The van der Waals surface area contributed by atoms with Crippen molar-refractivity contribution in [3.05, 3.63) is 59.2 Å². The van der Waals surface area contributed by atoms with Crippen LogP contribution < -0.4 is 4.74 Å². The summed E-state index contributed by atoms with van der Waals surface area (Å²) in [6, 6.07) is 13.1. The van der Waals surface area contributed by atoms with E-state index in [9.17, 15) is 14.7 Å². The molecule has 0 radical (unpaired) electrons. The van der Waals surface area contributed by atoms with E-state index in [1.165, 1.54) is 24.2 Å². The molecule has 2 atom stereocenters. The molecule has 0 aliphatic carbocycles. The summed E-state index contributed by atoms with van der Waals surface area (Å²) >= 11 is 0. The van der Waals surface area contributed by atoms with E-state index in [1.807, 2.05) is 12.1 Å². The third kappa shape index (κ3) is 7.38. The van der Waals surface area contributed by atoms with Crippen molar-refractivity contribution in [1.29, 1.82) is 0 Å². The van der Waals surface area contributed by atoms with Crippen LogP contribution in [0.2, 0.25) is 0 Å². The molecule has 1 N–H and O–H groups in total. The van der Waals surface area contributed by atoms with E-state index in [-0.39, 0.29) is 17.7 Å². The number of nitrogens with zero attached hydrogens (tertiary/aromatic N) is 1. The zero-order chi connectivity index (χ0) is 27.7. The number of esters is 2. The Labute approximate surface area is 228 Å². The van der Waals surface area contributed by atoms with E-state index in [0.717, 1.165) is 55.7 Å². The molecule has 0 spiro atoms. The number of thiol groups is 1. The van der Waals surface area contributed by atoms with Gasteiger partial charge in [-0.15, -0.1) is 0 Å². The van der Waals surface area contributed by atoms with Gasteiger partial charge in [0.2, 0.25) is 0 Å². The second kappa shape index (κ2) is 13.8. The molecule has 0 saturated carbocycles. The van der Waals surface area contributed by atoms with Gasteiger partial charge in [0.1, 0.15) is 12.4 Å². The average molecular weight is 544 g/mol. The monoisotopic (exact) mass is 543 g/mol. The van der Waals surface area contributed by atoms with Crippen molar-refractivity contribution in [1.82, 2.24) is 0 Å². The van der Waals surface area contributed by atoms with Gasteiger partial charge in [0, 0.05) is 18.2 Å². The summed E-state index contributed by atoms with van der Waals surface area (Å²) in [5.74, 6) is 0.979. The zero-order valence-electron chi connectivity index (χ0n) is 23.2. The fraction of sp³-hybridized carbons (Fsp3) is 0.500. The van der Waals surface area contributed by atoms with Gasteiger partial charge < -0.3 is 19.3 Å². The number of ether oxygens (including phenoxy) is 3. The maximum Gasteiger partial charge on any atom is 0.338 e. The van der Waals surface area contributed by atoms with Gasteiger partial charge in [-0.05, 0) is 72.9 Å².